The number of allylic oxidation sites excluding steroid dienone is 2. The van der Waals surface area contributed by atoms with Gasteiger partial charge in [0.05, 0.1) is 21.3 Å². The molecule has 2 aliphatic rings. The van der Waals surface area contributed by atoms with E-state index in [0.29, 0.717) is 40.3 Å². The van der Waals surface area contributed by atoms with Crippen LogP contribution in [-0.4, -0.2) is 51.9 Å². The van der Waals surface area contributed by atoms with Crippen LogP contribution in [0.2, 0.25) is 5.02 Å². The predicted octanol–water partition coefficient (Wildman–Crippen LogP) is 5.11. The largest absolute Gasteiger partial charge is 0.383 e. The molecule has 1 aliphatic heterocycles. The zero-order valence-electron chi connectivity index (χ0n) is 19.3. The number of benzene rings is 1. The summed E-state index contributed by atoms with van der Waals surface area (Å²) in [7, 11) is 0. The minimum atomic E-state index is -0.232. The van der Waals surface area contributed by atoms with E-state index in [-0.39, 0.29) is 17.3 Å². The Kier molecular flexibility index (Phi) is 8.15. The van der Waals surface area contributed by atoms with Crippen LogP contribution in [0.25, 0.3) is 5.70 Å². The first kappa shape index (κ1) is 25.3. The van der Waals surface area contributed by atoms with Crippen LogP contribution in [-0.2, 0) is 6.42 Å². The van der Waals surface area contributed by atoms with Crippen LogP contribution >= 0.6 is 34.7 Å². The van der Waals surface area contributed by atoms with Gasteiger partial charge in [0.1, 0.15) is 5.84 Å². The van der Waals surface area contributed by atoms with Gasteiger partial charge in [0.15, 0.2) is 5.13 Å². The van der Waals surface area contributed by atoms with Crippen LogP contribution in [0.15, 0.2) is 47.5 Å². The van der Waals surface area contributed by atoms with Crippen molar-refractivity contribution in [1.82, 2.24) is 15.2 Å². The third kappa shape index (κ3) is 5.88. The number of nitrogens with one attached hydrogen (secondary N) is 2. The first-order chi connectivity index (χ1) is 16.9. The van der Waals surface area contributed by atoms with Gasteiger partial charge < -0.3 is 16.0 Å². The molecule has 1 fully saturated rings. The SMILES string of the molecule is C=CC1=C(N=C(N)c2ccccc2Cl)c2sc(NC(=O)N3CC[C@H](NC(=O)SCC)C3)nc2CC1. The van der Waals surface area contributed by atoms with Crippen LogP contribution in [0, 0.1) is 0 Å². The van der Waals surface area contributed by atoms with Gasteiger partial charge in [-0.1, -0.05) is 66.4 Å². The Labute approximate surface area is 217 Å². The lowest BCUT2D eigenvalue weighted by Gasteiger charge is -2.16. The zero-order chi connectivity index (χ0) is 24.9. The number of aryl methyl sites for hydroxylation is 1. The standard InChI is InChI=1S/C24H27ClN6O2S2/c1-3-14-9-10-18-20(19(14)29-21(26)16-7-5-6-8-17(16)25)35-22(28-18)30-23(32)31-12-11-15(13-31)27-24(33)34-4-2/h3,5-8,15H,1,4,9-13H2,2H3,(H2,26,29)(H,27,33)(H,28,30,32)/t15-/m0/s1. The maximum Gasteiger partial charge on any atom is 0.323 e. The van der Waals surface area contributed by atoms with E-state index in [2.05, 4.69) is 22.2 Å². The lowest BCUT2D eigenvalue weighted by atomic mass is 9.98. The summed E-state index contributed by atoms with van der Waals surface area (Å²) in [6.45, 7) is 6.91. The van der Waals surface area contributed by atoms with E-state index in [1.54, 1.807) is 17.0 Å². The quantitative estimate of drug-likeness (QED) is 0.354. The third-order valence-electron chi connectivity index (χ3n) is 5.76. The number of carbonyl (C=O) groups excluding carboxylic acids is 2. The molecule has 0 unspecified atom stereocenters. The van der Waals surface area contributed by atoms with Gasteiger partial charge in [0.25, 0.3) is 5.24 Å². The normalized spacial score (nSPS) is 17.8. The summed E-state index contributed by atoms with van der Waals surface area (Å²) in [4.78, 5) is 36.6. The van der Waals surface area contributed by atoms with Crippen molar-refractivity contribution in [3.05, 3.63) is 63.7 Å². The Balaban J connectivity index is 1.50. The molecule has 1 aromatic heterocycles. The van der Waals surface area contributed by atoms with Gasteiger partial charge in [-0.05, 0) is 42.7 Å². The molecule has 35 heavy (non-hydrogen) atoms. The van der Waals surface area contributed by atoms with Gasteiger partial charge >= 0.3 is 6.03 Å². The molecule has 4 N–H and O–H groups in total. The number of likely N-dealkylation sites (tertiary alicyclic amines) is 1. The number of hydrogen-bond donors (Lipinski definition) is 3. The molecular formula is C24H27ClN6O2S2. The molecule has 0 bridgehead atoms. The molecule has 184 valence electrons. The second-order valence-corrected chi connectivity index (χ2v) is 10.7. The Morgan fingerprint density at radius 1 is 1.40 bits per heavy atom. The number of aliphatic imine (C=N–C) groups is 1. The summed E-state index contributed by atoms with van der Waals surface area (Å²) in [5.74, 6) is 1.03. The molecule has 1 aromatic carbocycles. The summed E-state index contributed by atoms with van der Waals surface area (Å²) >= 11 is 8.90. The molecule has 8 nitrogen and oxygen atoms in total. The average Bonchev–Trinajstić information content (AvgIpc) is 3.46. The van der Waals surface area contributed by atoms with E-state index in [9.17, 15) is 9.59 Å². The van der Waals surface area contributed by atoms with E-state index >= 15 is 0 Å². The van der Waals surface area contributed by atoms with Gasteiger partial charge in [-0.2, -0.15) is 0 Å². The van der Waals surface area contributed by atoms with Crippen molar-refractivity contribution < 1.29 is 9.59 Å². The second-order valence-electron chi connectivity index (χ2n) is 8.08. The number of hydrogen-bond acceptors (Lipinski definition) is 6. The highest BCUT2D eigenvalue weighted by atomic mass is 35.5. The molecular weight excluding hydrogens is 504 g/mol. The minimum Gasteiger partial charge on any atom is -0.383 e. The van der Waals surface area contributed by atoms with Crippen LogP contribution in [0.3, 0.4) is 0 Å². The van der Waals surface area contributed by atoms with E-state index in [1.165, 1.54) is 23.1 Å². The van der Waals surface area contributed by atoms with Crippen molar-refractivity contribution >= 4 is 62.6 Å². The fourth-order valence-electron chi connectivity index (χ4n) is 4.02. The van der Waals surface area contributed by atoms with E-state index < -0.39 is 0 Å². The molecule has 1 atom stereocenters. The number of rotatable bonds is 6. The fourth-order valence-corrected chi connectivity index (χ4v) is 5.79. The molecule has 3 amide bonds. The Morgan fingerprint density at radius 3 is 2.94 bits per heavy atom. The second kappa shape index (κ2) is 11.3. The number of urea groups is 1. The molecule has 1 aliphatic carbocycles. The number of nitrogens with zero attached hydrogens (tertiary/aromatic N) is 3. The predicted molar refractivity (Wildman–Crippen MR) is 145 cm³/mol. The highest BCUT2D eigenvalue weighted by Crippen LogP contribution is 2.39. The Bertz CT molecular complexity index is 1210. The molecule has 1 saturated heterocycles. The van der Waals surface area contributed by atoms with Gasteiger partial charge in [-0.3, -0.25) is 10.1 Å². The van der Waals surface area contributed by atoms with Crippen LogP contribution < -0.4 is 16.4 Å². The number of carbonyl (C=O) groups is 2. The molecule has 0 radical (unpaired) electrons. The van der Waals surface area contributed by atoms with Gasteiger partial charge in [0.2, 0.25) is 0 Å². The Morgan fingerprint density at radius 2 is 2.20 bits per heavy atom. The molecule has 2 heterocycles. The van der Waals surface area contributed by atoms with Crippen molar-refractivity contribution in [3.8, 4) is 0 Å². The van der Waals surface area contributed by atoms with Crippen LogP contribution in [0.1, 0.15) is 35.9 Å². The van der Waals surface area contributed by atoms with Gasteiger partial charge in [-0.25, -0.2) is 14.8 Å². The molecule has 0 spiro atoms. The zero-order valence-corrected chi connectivity index (χ0v) is 21.7. The number of thiazole rings is 1. The number of anilines is 1. The van der Waals surface area contributed by atoms with E-state index in [0.717, 1.165) is 41.2 Å². The van der Waals surface area contributed by atoms with E-state index in [1.807, 2.05) is 25.1 Å². The number of halogens is 1. The fraction of sp³-hybridized carbons (Fsp3) is 0.333. The highest BCUT2D eigenvalue weighted by Gasteiger charge is 2.29. The number of nitrogens with two attached hydrogens (primary N) is 1. The van der Waals surface area contributed by atoms with Crippen LogP contribution in [0.4, 0.5) is 14.7 Å². The number of fused-ring (bicyclic) bond motifs is 1. The van der Waals surface area contributed by atoms with Crippen molar-refractivity contribution in [2.45, 2.75) is 32.2 Å². The molecule has 2 aromatic rings. The number of aromatic nitrogens is 1. The average molecular weight is 531 g/mol. The number of amidine groups is 1. The maximum absolute atomic E-state index is 12.9. The molecule has 11 heteroatoms. The monoisotopic (exact) mass is 530 g/mol. The highest BCUT2D eigenvalue weighted by molar-refractivity contribution is 8.13. The first-order valence-electron chi connectivity index (χ1n) is 11.3. The lowest BCUT2D eigenvalue weighted by molar-refractivity contribution is 0.221. The Hall–Kier alpha value is -2.82. The first-order valence-corrected chi connectivity index (χ1v) is 13.5. The summed E-state index contributed by atoms with van der Waals surface area (Å²) in [6, 6.07) is 7.02. The minimum absolute atomic E-state index is 0.0383. The number of amides is 3. The summed E-state index contributed by atoms with van der Waals surface area (Å²) in [5, 5.41) is 6.85. The number of thioether (sulfide) groups is 1. The lowest BCUT2D eigenvalue weighted by Crippen LogP contribution is -2.38. The molecule has 4 rings (SSSR count). The van der Waals surface area contributed by atoms with E-state index in [4.69, 9.17) is 22.3 Å². The van der Waals surface area contributed by atoms with Crippen molar-refractivity contribution in [1.29, 1.82) is 0 Å². The topological polar surface area (TPSA) is 113 Å². The smallest absolute Gasteiger partial charge is 0.323 e. The third-order valence-corrected chi connectivity index (χ3v) is 7.78. The van der Waals surface area contributed by atoms with Crippen molar-refractivity contribution in [2.24, 2.45) is 10.7 Å². The van der Waals surface area contributed by atoms with Crippen molar-refractivity contribution in [3.63, 3.8) is 0 Å². The van der Waals surface area contributed by atoms with Gasteiger partial charge in [-0.15, -0.1) is 0 Å². The molecule has 0 saturated carbocycles. The maximum atomic E-state index is 12.9. The summed E-state index contributed by atoms with van der Waals surface area (Å²) in [5.41, 5.74) is 9.50. The summed E-state index contributed by atoms with van der Waals surface area (Å²) in [6.07, 6.45) is 3.96. The van der Waals surface area contributed by atoms with Crippen LogP contribution in [0.5, 0.6) is 0 Å². The summed E-state index contributed by atoms with van der Waals surface area (Å²) < 4.78 is 0. The van der Waals surface area contributed by atoms with Gasteiger partial charge in [0, 0.05) is 24.7 Å². The van der Waals surface area contributed by atoms with Crippen molar-refractivity contribution in [2.75, 3.05) is 24.2 Å².